The van der Waals surface area contributed by atoms with Gasteiger partial charge in [-0.15, -0.1) is 0 Å². The Labute approximate surface area is 150 Å². The van der Waals surface area contributed by atoms with Gasteiger partial charge in [0.1, 0.15) is 5.92 Å². The monoisotopic (exact) mass is 352 g/mol. The lowest BCUT2D eigenvalue weighted by Gasteiger charge is -2.30. The molecular weight excluding hydrogens is 334 g/mol. The van der Waals surface area contributed by atoms with E-state index in [4.69, 9.17) is 9.47 Å². The van der Waals surface area contributed by atoms with E-state index in [1.54, 1.807) is 47.3 Å². The molecule has 1 saturated heterocycles. The first-order chi connectivity index (χ1) is 12.6. The van der Waals surface area contributed by atoms with E-state index in [9.17, 15) is 14.9 Å². The van der Waals surface area contributed by atoms with Crippen molar-refractivity contribution in [3.05, 3.63) is 54.4 Å². The van der Waals surface area contributed by atoms with Crippen LogP contribution in [-0.4, -0.2) is 26.0 Å². The quantitative estimate of drug-likeness (QED) is 0.657. The standard InChI is InChI=1S/C19H17N3O4/c1-25-14-7-6-12(10-15(14)26-2)16-13(11-20)18(23)21-19(24)17(16)22-8-4-3-5-9-22/h3-10,13,16-17H,1-2H3/p+1/t13-,16-,17+/m1/s1. The van der Waals surface area contributed by atoms with E-state index in [1.165, 1.54) is 14.2 Å². The number of carbonyl (C=O) groups excluding carboxylic acids is 2. The lowest BCUT2D eigenvalue weighted by Crippen LogP contribution is -2.59. The summed E-state index contributed by atoms with van der Waals surface area (Å²) in [5.41, 5.74) is 0.652. The number of aromatic nitrogens is 1. The number of hydrogen-bond donors (Lipinski definition) is 1. The minimum atomic E-state index is -1.01. The maximum Gasteiger partial charge on any atom is 0.296 e. The summed E-state index contributed by atoms with van der Waals surface area (Å²) < 4.78 is 12.3. The summed E-state index contributed by atoms with van der Waals surface area (Å²) in [6.07, 6.45) is 3.48. The van der Waals surface area contributed by atoms with Crippen LogP contribution in [0.15, 0.2) is 48.8 Å². The average Bonchev–Trinajstić information content (AvgIpc) is 2.67. The highest BCUT2D eigenvalue weighted by Gasteiger charge is 2.50. The highest BCUT2D eigenvalue weighted by atomic mass is 16.5. The normalized spacial score (nSPS) is 22.3. The van der Waals surface area contributed by atoms with Crippen molar-refractivity contribution in [3.63, 3.8) is 0 Å². The third-order valence-corrected chi connectivity index (χ3v) is 4.49. The molecule has 0 unspecified atom stereocenters. The predicted molar refractivity (Wildman–Crippen MR) is 90.2 cm³/mol. The van der Waals surface area contributed by atoms with Gasteiger partial charge >= 0.3 is 0 Å². The number of nitriles is 1. The molecule has 2 amide bonds. The van der Waals surface area contributed by atoms with Crippen LogP contribution in [0.3, 0.4) is 0 Å². The zero-order valence-corrected chi connectivity index (χ0v) is 14.4. The van der Waals surface area contributed by atoms with Gasteiger partial charge < -0.3 is 9.47 Å². The summed E-state index contributed by atoms with van der Waals surface area (Å²) in [5.74, 6) is -1.71. The van der Waals surface area contributed by atoms with Crippen molar-refractivity contribution in [3.8, 4) is 17.6 Å². The molecule has 2 aromatic rings. The van der Waals surface area contributed by atoms with Crippen molar-refractivity contribution in [2.24, 2.45) is 5.92 Å². The van der Waals surface area contributed by atoms with Crippen molar-refractivity contribution in [1.29, 1.82) is 5.26 Å². The molecule has 26 heavy (non-hydrogen) atoms. The number of methoxy groups -OCH3 is 2. The maximum atomic E-state index is 12.6. The van der Waals surface area contributed by atoms with Crippen LogP contribution < -0.4 is 19.4 Å². The van der Waals surface area contributed by atoms with Crippen molar-refractivity contribution >= 4 is 11.8 Å². The number of nitrogens with one attached hydrogen (secondary N) is 1. The molecular formula is C19H18N3O4+. The first kappa shape index (κ1) is 17.4. The molecule has 1 aromatic heterocycles. The number of piperidine rings is 1. The van der Waals surface area contributed by atoms with Gasteiger partial charge in [-0.1, -0.05) is 12.1 Å². The molecule has 1 aliphatic rings. The van der Waals surface area contributed by atoms with Crippen LogP contribution in [-0.2, 0) is 9.59 Å². The zero-order valence-electron chi connectivity index (χ0n) is 14.4. The van der Waals surface area contributed by atoms with Gasteiger partial charge in [0.2, 0.25) is 11.9 Å². The third-order valence-electron chi connectivity index (χ3n) is 4.49. The van der Waals surface area contributed by atoms with E-state index in [0.29, 0.717) is 17.1 Å². The molecule has 7 nitrogen and oxygen atoms in total. The van der Waals surface area contributed by atoms with Gasteiger partial charge in [0.25, 0.3) is 5.91 Å². The Morgan fingerprint density at radius 2 is 1.73 bits per heavy atom. The Hall–Kier alpha value is -3.40. The van der Waals surface area contributed by atoms with Gasteiger partial charge in [0, 0.05) is 12.1 Å². The Morgan fingerprint density at radius 1 is 1.04 bits per heavy atom. The highest BCUT2D eigenvalue weighted by Crippen LogP contribution is 2.39. The fourth-order valence-electron chi connectivity index (χ4n) is 3.27. The summed E-state index contributed by atoms with van der Waals surface area (Å²) in [6, 6.07) is 11.9. The lowest BCUT2D eigenvalue weighted by molar-refractivity contribution is -0.713. The van der Waals surface area contributed by atoms with Crippen LogP contribution in [0.5, 0.6) is 11.5 Å². The van der Waals surface area contributed by atoms with Crippen molar-refractivity contribution in [2.75, 3.05) is 14.2 Å². The van der Waals surface area contributed by atoms with Crippen molar-refractivity contribution < 1.29 is 23.6 Å². The van der Waals surface area contributed by atoms with Crippen LogP contribution in [0.1, 0.15) is 17.5 Å². The summed E-state index contributed by atoms with van der Waals surface area (Å²) in [6.45, 7) is 0. The van der Waals surface area contributed by atoms with E-state index in [0.717, 1.165) is 0 Å². The maximum absolute atomic E-state index is 12.6. The van der Waals surface area contributed by atoms with E-state index in [2.05, 4.69) is 5.32 Å². The molecule has 1 aromatic carbocycles. The Morgan fingerprint density at radius 3 is 2.35 bits per heavy atom. The minimum Gasteiger partial charge on any atom is -0.493 e. The van der Waals surface area contributed by atoms with Crippen LogP contribution in [0.25, 0.3) is 0 Å². The van der Waals surface area contributed by atoms with Crippen LogP contribution in [0.4, 0.5) is 0 Å². The van der Waals surface area contributed by atoms with Gasteiger partial charge in [0.15, 0.2) is 23.9 Å². The predicted octanol–water partition coefficient (Wildman–Crippen LogP) is 1.11. The molecule has 1 aliphatic heterocycles. The number of benzene rings is 1. The van der Waals surface area contributed by atoms with E-state index >= 15 is 0 Å². The Bertz CT molecular complexity index is 876. The number of ether oxygens (including phenoxy) is 2. The van der Waals surface area contributed by atoms with E-state index in [1.807, 2.05) is 12.1 Å². The number of rotatable bonds is 4. The molecule has 1 N–H and O–H groups in total. The van der Waals surface area contributed by atoms with E-state index in [-0.39, 0.29) is 0 Å². The number of amides is 2. The Balaban J connectivity index is 2.16. The van der Waals surface area contributed by atoms with Crippen LogP contribution >= 0.6 is 0 Å². The molecule has 7 heteroatoms. The Kier molecular flexibility index (Phi) is 4.85. The third kappa shape index (κ3) is 2.97. The highest BCUT2D eigenvalue weighted by molar-refractivity contribution is 6.02. The number of imide groups is 1. The molecule has 132 valence electrons. The zero-order chi connectivity index (χ0) is 18.7. The molecule has 3 atom stereocenters. The smallest absolute Gasteiger partial charge is 0.296 e. The minimum absolute atomic E-state index is 0.447. The molecule has 0 radical (unpaired) electrons. The molecule has 3 rings (SSSR count). The van der Waals surface area contributed by atoms with Gasteiger partial charge in [-0.2, -0.15) is 9.83 Å². The summed E-state index contributed by atoms with van der Waals surface area (Å²) in [5, 5.41) is 11.9. The second kappa shape index (κ2) is 7.23. The largest absolute Gasteiger partial charge is 0.493 e. The average molecular weight is 352 g/mol. The van der Waals surface area contributed by atoms with Gasteiger partial charge in [0.05, 0.1) is 26.2 Å². The number of hydrogen-bond acceptors (Lipinski definition) is 5. The van der Waals surface area contributed by atoms with Crippen molar-refractivity contribution in [1.82, 2.24) is 5.32 Å². The van der Waals surface area contributed by atoms with Gasteiger partial charge in [-0.05, 0) is 17.7 Å². The SMILES string of the molecule is COc1ccc([C@H]2[C@H]([n+]3ccccc3)C(=O)NC(=O)[C@@H]2C#N)cc1OC. The first-order valence-electron chi connectivity index (χ1n) is 8.02. The summed E-state index contributed by atoms with van der Waals surface area (Å²) in [7, 11) is 3.03. The lowest BCUT2D eigenvalue weighted by atomic mass is 9.77. The number of nitrogens with zero attached hydrogens (tertiary/aromatic N) is 2. The molecule has 0 saturated carbocycles. The second-order valence-corrected chi connectivity index (χ2v) is 5.87. The summed E-state index contributed by atoms with van der Waals surface area (Å²) >= 11 is 0. The first-order valence-corrected chi connectivity index (χ1v) is 8.02. The topological polar surface area (TPSA) is 92.3 Å². The second-order valence-electron chi connectivity index (χ2n) is 5.87. The van der Waals surface area contributed by atoms with Crippen molar-refractivity contribution in [2.45, 2.75) is 12.0 Å². The van der Waals surface area contributed by atoms with Crippen LogP contribution in [0.2, 0.25) is 0 Å². The molecule has 2 heterocycles. The molecule has 1 fully saturated rings. The summed E-state index contributed by atoms with van der Waals surface area (Å²) in [4.78, 5) is 24.9. The van der Waals surface area contributed by atoms with Crippen LogP contribution in [0, 0.1) is 17.2 Å². The fourth-order valence-corrected chi connectivity index (χ4v) is 3.27. The van der Waals surface area contributed by atoms with Gasteiger partial charge in [-0.25, -0.2) is 0 Å². The molecule has 0 bridgehead atoms. The number of pyridine rings is 1. The van der Waals surface area contributed by atoms with Gasteiger partial charge in [-0.3, -0.25) is 14.9 Å². The molecule has 0 spiro atoms. The molecule has 0 aliphatic carbocycles. The fraction of sp³-hybridized carbons (Fsp3) is 0.263. The van der Waals surface area contributed by atoms with E-state index < -0.39 is 29.7 Å². The number of carbonyl (C=O) groups is 2.